The lowest BCUT2D eigenvalue weighted by molar-refractivity contribution is -0.137. The van der Waals surface area contributed by atoms with Gasteiger partial charge in [-0.05, 0) is 30.3 Å². The van der Waals surface area contributed by atoms with Gasteiger partial charge in [-0.2, -0.15) is 0 Å². The Morgan fingerprint density at radius 1 is 1.38 bits per heavy atom. The molecule has 6 nitrogen and oxygen atoms in total. The van der Waals surface area contributed by atoms with Gasteiger partial charge in [0.25, 0.3) is 5.91 Å². The molecule has 0 saturated heterocycles. The maximum atomic E-state index is 12.1. The number of carboxylic acid groups (broad SMARTS) is 1. The number of rotatable bonds is 7. The molecule has 1 aromatic heterocycles. The molecule has 1 unspecified atom stereocenters. The number of carbonyl (C=O) groups excluding carboxylic acids is 1. The van der Waals surface area contributed by atoms with E-state index >= 15 is 0 Å². The Labute approximate surface area is 128 Å². The van der Waals surface area contributed by atoms with Crippen molar-refractivity contribution >= 4 is 23.4 Å². The number of nitrogens with zero attached hydrogens (tertiary/aromatic N) is 2. The molecule has 2 rings (SSSR count). The van der Waals surface area contributed by atoms with Crippen molar-refractivity contribution in [1.82, 2.24) is 14.9 Å². The van der Waals surface area contributed by atoms with Crippen LogP contribution in [-0.2, 0) is 4.79 Å². The Balaban J connectivity index is 1.90. The van der Waals surface area contributed by atoms with Gasteiger partial charge in [0.1, 0.15) is 4.88 Å². The van der Waals surface area contributed by atoms with Gasteiger partial charge in [-0.1, -0.05) is 36.6 Å². The number of hydrogen-bond donors (Lipinski definition) is 2. The zero-order chi connectivity index (χ0) is 15.1. The lowest BCUT2D eigenvalue weighted by Gasteiger charge is -2.26. The minimum absolute atomic E-state index is 0.0820. The number of hydrogen-bond acceptors (Lipinski definition) is 5. The predicted octanol–water partition coefficient (Wildman–Crippen LogP) is 2.47. The average molecular weight is 311 g/mol. The highest BCUT2D eigenvalue weighted by atomic mass is 32.1. The van der Waals surface area contributed by atoms with Gasteiger partial charge in [-0.3, -0.25) is 9.59 Å². The molecular formula is C14H21N3O3S. The van der Waals surface area contributed by atoms with Gasteiger partial charge in [0.2, 0.25) is 0 Å². The van der Waals surface area contributed by atoms with E-state index in [1.807, 2.05) is 0 Å². The van der Waals surface area contributed by atoms with E-state index in [0.717, 1.165) is 18.0 Å². The van der Waals surface area contributed by atoms with Gasteiger partial charge in [0.15, 0.2) is 0 Å². The molecule has 0 aromatic carbocycles. The normalized spacial score (nSPS) is 17.3. The lowest BCUT2D eigenvalue weighted by Crippen LogP contribution is -2.36. The third-order valence-corrected chi connectivity index (χ3v) is 4.63. The molecular weight excluding hydrogens is 290 g/mol. The van der Waals surface area contributed by atoms with Gasteiger partial charge >= 0.3 is 5.97 Å². The fourth-order valence-corrected chi connectivity index (χ4v) is 3.31. The molecule has 0 aliphatic heterocycles. The Hall–Kier alpha value is -1.50. The van der Waals surface area contributed by atoms with Gasteiger partial charge in [-0.25, -0.2) is 0 Å². The molecule has 1 heterocycles. The first-order chi connectivity index (χ1) is 10.1. The van der Waals surface area contributed by atoms with E-state index in [1.54, 1.807) is 0 Å². The monoisotopic (exact) mass is 311 g/mol. The van der Waals surface area contributed by atoms with Crippen molar-refractivity contribution in [3.8, 4) is 0 Å². The SMILES string of the molecule is O=C(O)CCC(CC1CCCCC1)NC(=O)c1cnns1. The summed E-state index contributed by atoms with van der Waals surface area (Å²) in [5, 5.41) is 15.5. The third kappa shape index (κ3) is 5.41. The van der Waals surface area contributed by atoms with Crippen molar-refractivity contribution in [2.45, 2.75) is 57.4 Å². The zero-order valence-electron chi connectivity index (χ0n) is 12.0. The zero-order valence-corrected chi connectivity index (χ0v) is 12.8. The van der Waals surface area contributed by atoms with Crippen LogP contribution in [0.2, 0.25) is 0 Å². The summed E-state index contributed by atoms with van der Waals surface area (Å²) in [4.78, 5) is 23.3. The highest BCUT2D eigenvalue weighted by molar-refractivity contribution is 7.07. The highest BCUT2D eigenvalue weighted by Gasteiger charge is 2.22. The van der Waals surface area contributed by atoms with E-state index in [1.165, 1.54) is 38.3 Å². The second kappa shape index (κ2) is 8.07. The number of carbonyl (C=O) groups is 2. The summed E-state index contributed by atoms with van der Waals surface area (Å²) in [6, 6.07) is -0.0844. The van der Waals surface area contributed by atoms with Crippen LogP contribution in [0.15, 0.2) is 6.20 Å². The first kappa shape index (κ1) is 15.9. The van der Waals surface area contributed by atoms with Crippen molar-refractivity contribution in [3.05, 3.63) is 11.1 Å². The Morgan fingerprint density at radius 3 is 2.76 bits per heavy atom. The Morgan fingerprint density at radius 2 is 2.14 bits per heavy atom. The molecule has 1 saturated carbocycles. The standard InChI is InChI=1S/C14H21N3O3S/c18-13(19)7-6-11(8-10-4-2-1-3-5-10)16-14(20)12-9-15-17-21-12/h9-11H,1-8H2,(H,16,20)(H,18,19). The largest absolute Gasteiger partial charge is 0.481 e. The molecule has 0 bridgehead atoms. The quantitative estimate of drug-likeness (QED) is 0.807. The van der Waals surface area contributed by atoms with E-state index in [9.17, 15) is 9.59 Å². The number of aliphatic carboxylic acids is 1. The topological polar surface area (TPSA) is 92.2 Å². The van der Waals surface area contributed by atoms with Crippen molar-refractivity contribution in [2.24, 2.45) is 5.92 Å². The maximum absolute atomic E-state index is 12.1. The van der Waals surface area contributed by atoms with E-state index in [4.69, 9.17) is 5.11 Å². The molecule has 116 valence electrons. The number of amides is 1. The maximum Gasteiger partial charge on any atom is 0.303 e. The molecule has 0 spiro atoms. The van der Waals surface area contributed by atoms with Crippen molar-refractivity contribution in [1.29, 1.82) is 0 Å². The molecule has 1 aliphatic rings. The van der Waals surface area contributed by atoms with Crippen LogP contribution in [0.1, 0.15) is 61.0 Å². The molecule has 21 heavy (non-hydrogen) atoms. The number of nitrogens with one attached hydrogen (secondary N) is 1. The smallest absolute Gasteiger partial charge is 0.303 e. The summed E-state index contributed by atoms with van der Waals surface area (Å²) >= 11 is 1.05. The summed E-state index contributed by atoms with van der Waals surface area (Å²) < 4.78 is 3.68. The van der Waals surface area contributed by atoms with Crippen LogP contribution in [0.3, 0.4) is 0 Å². The first-order valence-corrected chi connectivity index (χ1v) is 8.22. The molecule has 1 aromatic rings. The van der Waals surface area contributed by atoms with Gasteiger partial charge in [0.05, 0.1) is 6.20 Å². The van der Waals surface area contributed by atoms with Crippen LogP contribution in [0, 0.1) is 5.92 Å². The minimum Gasteiger partial charge on any atom is -0.481 e. The number of carboxylic acids is 1. The van der Waals surface area contributed by atoms with Crippen molar-refractivity contribution in [3.63, 3.8) is 0 Å². The molecule has 1 amide bonds. The van der Waals surface area contributed by atoms with Gasteiger partial charge in [0, 0.05) is 12.5 Å². The van der Waals surface area contributed by atoms with Crippen LogP contribution in [0.5, 0.6) is 0 Å². The molecule has 1 aliphatic carbocycles. The molecule has 1 atom stereocenters. The second-order valence-corrected chi connectivity index (χ2v) is 6.41. The predicted molar refractivity (Wildman–Crippen MR) is 79.2 cm³/mol. The number of aromatic nitrogens is 2. The fourth-order valence-electron chi connectivity index (χ4n) is 2.90. The van der Waals surface area contributed by atoms with Crippen LogP contribution < -0.4 is 5.32 Å². The van der Waals surface area contributed by atoms with Crippen LogP contribution in [0.25, 0.3) is 0 Å². The van der Waals surface area contributed by atoms with Gasteiger partial charge in [-0.15, -0.1) is 5.10 Å². The average Bonchev–Trinajstić information content (AvgIpc) is 3.00. The molecule has 2 N–H and O–H groups in total. The summed E-state index contributed by atoms with van der Waals surface area (Å²) in [6.07, 6.45) is 8.99. The summed E-state index contributed by atoms with van der Waals surface area (Å²) in [5.74, 6) is -0.425. The first-order valence-electron chi connectivity index (χ1n) is 7.45. The van der Waals surface area contributed by atoms with E-state index in [-0.39, 0.29) is 18.4 Å². The Bertz CT molecular complexity index is 458. The molecule has 0 radical (unpaired) electrons. The summed E-state index contributed by atoms with van der Waals surface area (Å²) in [5.41, 5.74) is 0. The Kier molecular flexibility index (Phi) is 6.10. The highest BCUT2D eigenvalue weighted by Crippen LogP contribution is 2.28. The third-order valence-electron chi connectivity index (χ3n) is 3.97. The summed E-state index contributed by atoms with van der Waals surface area (Å²) in [7, 11) is 0. The van der Waals surface area contributed by atoms with E-state index in [2.05, 4.69) is 14.9 Å². The minimum atomic E-state index is -0.822. The second-order valence-electron chi connectivity index (χ2n) is 5.62. The van der Waals surface area contributed by atoms with Crippen molar-refractivity contribution in [2.75, 3.05) is 0 Å². The lowest BCUT2D eigenvalue weighted by atomic mass is 9.84. The fraction of sp³-hybridized carbons (Fsp3) is 0.714. The molecule has 1 fully saturated rings. The summed E-state index contributed by atoms with van der Waals surface area (Å²) in [6.45, 7) is 0. The van der Waals surface area contributed by atoms with E-state index in [0.29, 0.717) is 17.2 Å². The van der Waals surface area contributed by atoms with Gasteiger partial charge < -0.3 is 10.4 Å². The van der Waals surface area contributed by atoms with Crippen molar-refractivity contribution < 1.29 is 14.7 Å². The van der Waals surface area contributed by atoms with E-state index < -0.39 is 5.97 Å². The molecule has 7 heteroatoms. The van der Waals surface area contributed by atoms with Crippen LogP contribution >= 0.6 is 11.5 Å². The van der Waals surface area contributed by atoms with Crippen LogP contribution in [0.4, 0.5) is 0 Å². The van der Waals surface area contributed by atoms with Crippen LogP contribution in [-0.4, -0.2) is 32.6 Å².